The molecule has 1 saturated heterocycles. The molecular formula is C20H26FN5O2. The van der Waals surface area contributed by atoms with Crippen LogP contribution in [-0.4, -0.2) is 45.4 Å². The molecule has 0 aliphatic carbocycles. The first-order valence-corrected chi connectivity index (χ1v) is 9.82. The molecule has 4 rings (SSSR count). The van der Waals surface area contributed by atoms with Crippen LogP contribution in [0, 0.1) is 11.7 Å². The molecule has 0 spiro atoms. The maximum absolute atomic E-state index is 13.2. The van der Waals surface area contributed by atoms with Gasteiger partial charge in [0.1, 0.15) is 5.82 Å². The molecule has 1 aromatic carbocycles. The van der Waals surface area contributed by atoms with E-state index in [0.29, 0.717) is 12.3 Å². The summed E-state index contributed by atoms with van der Waals surface area (Å²) in [6, 6.07) is 8.91. The topological polar surface area (TPSA) is 82.4 Å². The van der Waals surface area contributed by atoms with Crippen LogP contribution in [0.1, 0.15) is 35.8 Å². The highest BCUT2D eigenvalue weighted by Crippen LogP contribution is 2.27. The minimum atomic E-state index is -0.794. The maximum atomic E-state index is 13.2. The number of benzene rings is 1. The second-order valence-corrected chi connectivity index (χ2v) is 7.65. The minimum absolute atomic E-state index is 0.110. The lowest BCUT2D eigenvalue weighted by Crippen LogP contribution is -2.33. The second-order valence-electron chi connectivity index (χ2n) is 7.65. The molecule has 2 aliphatic rings. The molecule has 7 nitrogen and oxygen atoms in total. The van der Waals surface area contributed by atoms with Gasteiger partial charge in [0, 0.05) is 45.1 Å². The van der Waals surface area contributed by atoms with Gasteiger partial charge in [0.2, 0.25) is 0 Å². The summed E-state index contributed by atoms with van der Waals surface area (Å²) in [6.07, 6.45) is 1.60. The fourth-order valence-corrected chi connectivity index (χ4v) is 4.16. The van der Waals surface area contributed by atoms with Gasteiger partial charge in [-0.25, -0.2) is 9.82 Å². The third kappa shape index (κ3) is 4.40. The first kappa shape index (κ1) is 19.0. The van der Waals surface area contributed by atoms with Gasteiger partial charge in [-0.1, -0.05) is 12.1 Å². The van der Waals surface area contributed by atoms with Gasteiger partial charge in [-0.2, -0.15) is 5.10 Å². The molecule has 3 N–H and O–H groups in total. The molecule has 1 aromatic heterocycles. The molecular weight excluding hydrogens is 361 g/mol. The Morgan fingerprint density at radius 3 is 2.89 bits per heavy atom. The monoisotopic (exact) mass is 387 g/mol. The Hall–Kier alpha value is -2.29. The average Bonchev–Trinajstić information content (AvgIpc) is 3.23. The molecule has 2 atom stereocenters. The molecule has 2 unspecified atom stereocenters. The van der Waals surface area contributed by atoms with Crippen LogP contribution in [0.15, 0.2) is 30.3 Å². The molecule has 3 heterocycles. The van der Waals surface area contributed by atoms with Crippen LogP contribution in [0.25, 0.3) is 0 Å². The summed E-state index contributed by atoms with van der Waals surface area (Å²) in [5.41, 5.74) is 9.67. The summed E-state index contributed by atoms with van der Waals surface area (Å²) in [5, 5.41) is 13.5. The van der Waals surface area contributed by atoms with Crippen LogP contribution in [-0.2, 0) is 24.3 Å². The Labute approximate surface area is 163 Å². The number of nitrogens with zero attached hydrogens (tertiary/aromatic N) is 3. The zero-order valence-electron chi connectivity index (χ0n) is 15.8. The summed E-state index contributed by atoms with van der Waals surface area (Å²) >= 11 is 0. The quantitative estimate of drug-likeness (QED) is 0.700. The van der Waals surface area contributed by atoms with Gasteiger partial charge in [-0.15, -0.1) is 0 Å². The average molecular weight is 387 g/mol. The lowest BCUT2D eigenvalue weighted by Gasteiger charge is -2.26. The first-order valence-electron chi connectivity index (χ1n) is 9.82. The highest BCUT2D eigenvalue weighted by molar-refractivity contribution is 5.66. The molecule has 28 heavy (non-hydrogen) atoms. The van der Waals surface area contributed by atoms with E-state index in [4.69, 9.17) is 5.11 Å². The third-order valence-corrected chi connectivity index (χ3v) is 5.55. The van der Waals surface area contributed by atoms with Crippen molar-refractivity contribution in [1.29, 1.82) is 0 Å². The normalized spacial score (nSPS) is 22.8. The van der Waals surface area contributed by atoms with Crippen molar-refractivity contribution < 1.29 is 14.3 Å². The number of rotatable bonds is 6. The van der Waals surface area contributed by atoms with Gasteiger partial charge >= 0.3 is 5.97 Å². The number of carboxylic acid groups (broad SMARTS) is 1. The Kier molecular flexibility index (Phi) is 5.70. The fourth-order valence-electron chi connectivity index (χ4n) is 4.16. The van der Waals surface area contributed by atoms with Crippen molar-refractivity contribution in [2.75, 3.05) is 19.6 Å². The van der Waals surface area contributed by atoms with Crippen molar-refractivity contribution in [3.8, 4) is 0 Å². The second kappa shape index (κ2) is 8.38. The highest BCUT2D eigenvalue weighted by atomic mass is 19.1. The van der Waals surface area contributed by atoms with Crippen LogP contribution in [0.3, 0.4) is 0 Å². The van der Waals surface area contributed by atoms with E-state index in [1.165, 1.54) is 12.1 Å². The fraction of sp³-hybridized carbons (Fsp3) is 0.500. The Balaban J connectivity index is 1.42. The number of hydrazine groups is 1. The van der Waals surface area contributed by atoms with Gasteiger partial charge in [0.05, 0.1) is 23.9 Å². The lowest BCUT2D eigenvalue weighted by atomic mass is 9.94. The zero-order valence-corrected chi connectivity index (χ0v) is 15.8. The lowest BCUT2D eigenvalue weighted by molar-refractivity contribution is -0.136. The molecule has 0 saturated carbocycles. The van der Waals surface area contributed by atoms with Gasteiger partial charge in [0.15, 0.2) is 0 Å². The summed E-state index contributed by atoms with van der Waals surface area (Å²) in [7, 11) is 0. The Morgan fingerprint density at radius 2 is 2.11 bits per heavy atom. The number of halogens is 1. The number of fused-ring (bicyclic) bond motifs is 1. The van der Waals surface area contributed by atoms with E-state index in [1.807, 2.05) is 22.9 Å². The van der Waals surface area contributed by atoms with E-state index in [-0.39, 0.29) is 18.3 Å². The Morgan fingerprint density at radius 1 is 1.29 bits per heavy atom. The van der Waals surface area contributed by atoms with E-state index in [0.717, 1.165) is 56.1 Å². The number of nitrogens with one attached hydrogen (secondary N) is 2. The molecule has 8 heteroatoms. The van der Waals surface area contributed by atoms with Crippen molar-refractivity contribution in [1.82, 2.24) is 25.5 Å². The molecule has 0 amide bonds. The van der Waals surface area contributed by atoms with Crippen LogP contribution >= 0.6 is 0 Å². The predicted octanol–water partition coefficient (Wildman–Crippen LogP) is 1.71. The summed E-state index contributed by atoms with van der Waals surface area (Å²) in [6.45, 7) is 4.47. The predicted molar refractivity (Wildman–Crippen MR) is 102 cm³/mol. The SMILES string of the molecule is O=C(O)CCc1cc2n(n1)CCCN(CC1CNNC1c1ccc(F)cc1)C2. The number of hydrogen-bond donors (Lipinski definition) is 3. The molecule has 0 bridgehead atoms. The van der Waals surface area contributed by atoms with Crippen molar-refractivity contribution >= 4 is 5.97 Å². The number of aromatic nitrogens is 2. The van der Waals surface area contributed by atoms with E-state index < -0.39 is 5.97 Å². The number of aliphatic carboxylic acids is 1. The van der Waals surface area contributed by atoms with Crippen molar-refractivity contribution in [2.45, 2.75) is 38.4 Å². The largest absolute Gasteiger partial charge is 0.481 e. The van der Waals surface area contributed by atoms with Gasteiger partial charge in [0.25, 0.3) is 0 Å². The van der Waals surface area contributed by atoms with Gasteiger partial charge in [-0.3, -0.25) is 19.8 Å². The van der Waals surface area contributed by atoms with Gasteiger partial charge < -0.3 is 5.11 Å². The minimum Gasteiger partial charge on any atom is -0.481 e. The molecule has 2 aliphatic heterocycles. The smallest absolute Gasteiger partial charge is 0.303 e. The van der Waals surface area contributed by atoms with Crippen LogP contribution < -0.4 is 10.9 Å². The van der Waals surface area contributed by atoms with Gasteiger partial charge in [-0.05, 0) is 30.2 Å². The van der Waals surface area contributed by atoms with Crippen molar-refractivity contribution in [3.05, 3.63) is 53.1 Å². The van der Waals surface area contributed by atoms with Crippen LogP contribution in [0.5, 0.6) is 0 Å². The molecule has 0 radical (unpaired) electrons. The Bertz CT molecular complexity index is 823. The standard InChI is InChI=1S/C20H26FN5O2/c21-16-4-2-14(3-5-16)20-15(11-22-23-20)12-25-8-1-9-26-18(13-25)10-17(24-26)6-7-19(27)28/h2-5,10,15,20,22-23H,1,6-9,11-13H2,(H,27,28). The summed E-state index contributed by atoms with van der Waals surface area (Å²) in [4.78, 5) is 13.2. The highest BCUT2D eigenvalue weighted by Gasteiger charge is 2.30. The maximum Gasteiger partial charge on any atom is 0.303 e. The van der Waals surface area contributed by atoms with E-state index in [2.05, 4.69) is 20.9 Å². The molecule has 2 aromatic rings. The first-order chi connectivity index (χ1) is 13.6. The van der Waals surface area contributed by atoms with Crippen molar-refractivity contribution in [3.63, 3.8) is 0 Å². The third-order valence-electron chi connectivity index (χ3n) is 5.55. The number of hydrogen-bond acceptors (Lipinski definition) is 5. The molecule has 1 fully saturated rings. The summed E-state index contributed by atoms with van der Waals surface area (Å²) < 4.78 is 15.3. The van der Waals surface area contributed by atoms with Crippen LogP contribution in [0.4, 0.5) is 4.39 Å². The zero-order chi connectivity index (χ0) is 19.5. The number of carboxylic acids is 1. The van der Waals surface area contributed by atoms with Crippen LogP contribution in [0.2, 0.25) is 0 Å². The number of aryl methyl sites for hydroxylation is 2. The van der Waals surface area contributed by atoms with E-state index >= 15 is 0 Å². The van der Waals surface area contributed by atoms with E-state index in [1.54, 1.807) is 0 Å². The number of carbonyl (C=O) groups is 1. The summed E-state index contributed by atoms with van der Waals surface area (Å²) in [5.74, 6) is -0.630. The van der Waals surface area contributed by atoms with Crippen molar-refractivity contribution in [2.24, 2.45) is 5.92 Å². The van der Waals surface area contributed by atoms with E-state index in [9.17, 15) is 9.18 Å². The molecule has 150 valence electrons.